The predicted molar refractivity (Wildman–Crippen MR) is 44.2 cm³/mol. The van der Waals surface area contributed by atoms with Gasteiger partial charge < -0.3 is 0 Å². The van der Waals surface area contributed by atoms with Crippen molar-refractivity contribution in [1.29, 1.82) is 0 Å². The zero-order chi connectivity index (χ0) is 7.56. The normalized spacial score (nSPS) is 13.1. The van der Waals surface area contributed by atoms with Crippen LogP contribution in [0.15, 0.2) is 24.3 Å². The van der Waals surface area contributed by atoms with Crippen LogP contribution in [0.1, 0.15) is 10.6 Å². The standard InChI is InChI=1S/C7H5BrClF/c8-7(10)5-2-1-3-6(9)4-5/h1-4,7H/t7-/m1/s1. The van der Waals surface area contributed by atoms with Crippen molar-refractivity contribution in [2.24, 2.45) is 0 Å². The van der Waals surface area contributed by atoms with Crippen LogP contribution in [-0.4, -0.2) is 0 Å². The van der Waals surface area contributed by atoms with Crippen molar-refractivity contribution >= 4 is 27.5 Å². The van der Waals surface area contributed by atoms with Gasteiger partial charge in [0.25, 0.3) is 0 Å². The maximum atomic E-state index is 12.5. The largest absolute Gasteiger partial charge is 0.230 e. The fourth-order valence-electron chi connectivity index (χ4n) is 0.642. The Bertz CT molecular complexity index is 225. The first kappa shape index (κ1) is 8.02. The van der Waals surface area contributed by atoms with Crippen molar-refractivity contribution in [3.8, 4) is 0 Å². The maximum Gasteiger partial charge on any atom is 0.180 e. The molecule has 1 atom stereocenters. The van der Waals surface area contributed by atoms with E-state index in [1.54, 1.807) is 24.3 Å². The number of alkyl halides is 2. The molecule has 1 aromatic carbocycles. The highest BCUT2D eigenvalue weighted by atomic mass is 79.9. The molecule has 3 heteroatoms. The lowest BCUT2D eigenvalue weighted by Gasteiger charge is -1.98. The zero-order valence-electron chi connectivity index (χ0n) is 5.02. The van der Waals surface area contributed by atoms with Crippen LogP contribution in [0.25, 0.3) is 0 Å². The molecular weight excluding hydrogens is 218 g/mol. The number of hydrogen-bond acceptors (Lipinski definition) is 0. The van der Waals surface area contributed by atoms with E-state index in [1.807, 2.05) is 0 Å². The smallest absolute Gasteiger partial charge is 0.180 e. The molecule has 0 aliphatic carbocycles. The van der Waals surface area contributed by atoms with Crippen LogP contribution in [0.5, 0.6) is 0 Å². The number of rotatable bonds is 1. The summed E-state index contributed by atoms with van der Waals surface area (Å²) in [6, 6.07) is 6.68. The number of benzene rings is 1. The summed E-state index contributed by atoms with van der Waals surface area (Å²) in [7, 11) is 0. The van der Waals surface area contributed by atoms with E-state index in [2.05, 4.69) is 15.9 Å². The second kappa shape index (κ2) is 3.35. The molecule has 0 saturated heterocycles. The lowest BCUT2D eigenvalue weighted by Crippen LogP contribution is -1.79. The summed E-state index contributed by atoms with van der Waals surface area (Å²) in [5.74, 6) is 0. The molecule has 0 radical (unpaired) electrons. The Kier molecular flexibility index (Phi) is 2.69. The molecule has 0 bridgehead atoms. The van der Waals surface area contributed by atoms with E-state index in [4.69, 9.17) is 11.6 Å². The fourth-order valence-corrected chi connectivity index (χ4v) is 1.13. The Hall–Kier alpha value is -0.0800. The average Bonchev–Trinajstić information content (AvgIpc) is 1.88. The molecule has 0 heterocycles. The van der Waals surface area contributed by atoms with E-state index in [1.165, 1.54) is 0 Å². The molecule has 0 aliphatic heterocycles. The van der Waals surface area contributed by atoms with Gasteiger partial charge in [-0.2, -0.15) is 0 Å². The fraction of sp³-hybridized carbons (Fsp3) is 0.143. The van der Waals surface area contributed by atoms with Gasteiger partial charge >= 0.3 is 0 Å². The minimum atomic E-state index is -1.12. The third-order valence-electron chi connectivity index (χ3n) is 1.10. The van der Waals surface area contributed by atoms with Gasteiger partial charge in [0.1, 0.15) is 0 Å². The summed E-state index contributed by atoms with van der Waals surface area (Å²) < 4.78 is 12.5. The van der Waals surface area contributed by atoms with Crippen molar-refractivity contribution in [3.05, 3.63) is 34.9 Å². The Morgan fingerprint density at radius 3 is 2.60 bits per heavy atom. The molecule has 0 saturated carbocycles. The third kappa shape index (κ3) is 1.96. The first-order chi connectivity index (χ1) is 4.70. The van der Waals surface area contributed by atoms with Crippen LogP contribution in [0.2, 0.25) is 5.02 Å². The first-order valence-corrected chi connectivity index (χ1v) is 4.03. The van der Waals surface area contributed by atoms with Crippen molar-refractivity contribution < 1.29 is 4.39 Å². The Morgan fingerprint density at radius 1 is 1.50 bits per heavy atom. The Morgan fingerprint density at radius 2 is 2.20 bits per heavy atom. The van der Waals surface area contributed by atoms with Gasteiger partial charge in [0.2, 0.25) is 0 Å². The molecule has 54 valence electrons. The molecule has 1 rings (SSSR count). The summed E-state index contributed by atoms with van der Waals surface area (Å²) in [5, 5.41) is -0.564. The van der Waals surface area contributed by atoms with Gasteiger partial charge in [-0.1, -0.05) is 23.7 Å². The predicted octanol–water partition coefficient (Wildman–Crippen LogP) is 3.70. The topological polar surface area (TPSA) is 0 Å². The summed E-state index contributed by atoms with van der Waals surface area (Å²) in [5.41, 5.74) is 0.549. The number of hydrogen-bond donors (Lipinski definition) is 0. The van der Waals surface area contributed by atoms with Gasteiger partial charge in [-0.25, -0.2) is 4.39 Å². The van der Waals surface area contributed by atoms with Crippen LogP contribution in [0, 0.1) is 0 Å². The highest BCUT2D eigenvalue weighted by molar-refractivity contribution is 9.09. The van der Waals surface area contributed by atoms with Crippen LogP contribution in [0.3, 0.4) is 0 Å². The highest BCUT2D eigenvalue weighted by Gasteiger charge is 2.02. The van der Waals surface area contributed by atoms with E-state index in [0.29, 0.717) is 10.6 Å². The zero-order valence-corrected chi connectivity index (χ0v) is 7.36. The molecule has 0 aromatic heterocycles. The molecule has 0 spiro atoms. The van der Waals surface area contributed by atoms with Crippen molar-refractivity contribution in [2.75, 3.05) is 0 Å². The Balaban J connectivity index is 2.96. The molecule has 0 amide bonds. The van der Waals surface area contributed by atoms with Gasteiger partial charge in [-0.3, -0.25) is 0 Å². The number of halogens is 3. The van der Waals surface area contributed by atoms with Crippen molar-refractivity contribution in [2.45, 2.75) is 5.08 Å². The second-order valence-electron chi connectivity index (χ2n) is 1.86. The molecule has 10 heavy (non-hydrogen) atoms. The van der Waals surface area contributed by atoms with Crippen molar-refractivity contribution in [3.63, 3.8) is 0 Å². The van der Waals surface area contributed by atoms with Crippen molar-refractivity contribution in [1.82, 2.24) is 0 Å². The third-order valence-corrected chi connectivity index (χ3v) is 1.86. The lowest BCUT2D eigenvalue weighted by atomic mass is 10.2. The lowest BCUT2D eigenvalue weighted by molar-refractivity contribution is 0.479. The maximum absolute atomic E-state index is 12.5. The summed E-state index contributed by atoms with van der Waals surface area (Å²) >= 11 is 8.39. The minimum Gasteiger partial charge on any atom is -0.230 e. The van der Waals surface area contributed by atoms with E-state index < -0.39 is 5.08 Å². The monoisotopic (exact) mass is 222 g/mol. The molecule has 0 aliphatic rings. The van der Waals surface area contributed by atoms with Gasteiger partial charge in [0.05, 0.1) is 0 Å². The molecule has 0 fully saturated rings. The molecule has 0 nitrogen and oxygen atoms in total. The minimum absolute atomic E-state index is 0.549. The van der Waals surface area contributed by atoms with E-state index in [9.17, 15) is 4.39 Å². The van der Waals surface area contributed by atoms with E-state index in [0.717, 1.165) is 0 Å². The van der Waals surface area contributed by atoms with E-state index in [-0.39, 0.29) is 0 Å². The highest BCUT2D eigenvalue weighted by Crippen LogP contribution is 2.25. The Labute approximate surface area is 72.1 Å². The van der Waals surface area contributed by atoms with Gasteiger partial charge in [0, 0.05) is 5.02 Å². The van der Waals surface area contributed by atoms with E-state index >= 15 is 0 Å². The van der Waals surface area contributed by atoms with Gasteiger partial charge in [0.15, 0.2) is 5.08 Å². The van der Waals surface area contributed by atoms with Gasteiger partial charge in [-0.05, 0) is 33.6 Å². The first-order valence-electron chi connectivity index (χ1n) is 2.74. The summed E-state index contributed by atoms with van der Waals surface area (Å²) in [6.45, 7) is 0. The molecular formula is C7H5BrClF. The molecule has 0 N–H and O–H groups in total. The van der Waals surface area contributed by atoms with Gasteiger partial charge in [-0.15, -0.1) is 0 Å². The average molecular weight is 223 g/mol. The van der Waals surface area contributed by atoms with Crippen LogP contribution in [0.4, 0.5) is 4.39 Å². The van der Waals surface area contributed by atoms with Crippen LogP contribution < -0.4 is 0 Å². The molecule has 0 unspecified atom stereocenters. The summed E-state index contributed by atoms with van der Waals surface area (Å²) in [6.07, 6.45) is 0. The van der Waals surface area contributed by atoms with Crippen LogP contribution >= 0.6 is 27.5 Å². The summed E-state index contributed by atoms with van der Waals surface area (Å²) in [4.78, 5) is 0. The second-order valence-corrected chi connectivity index (χ2v) is 3.10. The quantitative estimate of drug-likeness (QED) is 0.637. The SMILES string of the molecule is F[C@@H](Br)c1cccc(Cl)c1. The molecule has 1 aromatic rings. The van der Waals surface area contributed by atoms with Crippen LogP contribution in [-0.2, 0) is 0 Å².